The summed E-state index contributed by atoms with van der Waals surface area (Å²) in [6, 6.07) is 3.47. The lowest BCUT2D eigenvalue weighted by molar-refractivity contribution is 0.0896. The van der Waals surface area contributed by atoms with Gasteiger partial charge in [-0.1, -0.05) is 13.0 Å². The number of ketones is 2. The molecule has 5 rings (SSSR count). The summed E-state index contributed by atoms with van der Waals surface area (Å²) in [5, 5.41) is 20.6. The Labute approximate surface area is 144 Å². The predicted molar refractivity (Wildman–Crippen MR) is 87.8 cm³/mol. The molecule has 0 spiro atoms. The van der Waals surface area contributed by atoms with Crippen molar-refractivity contribution in [3.8, 4) is 0 Å². The number of carbonyl (C=O) groups is 2. The van der Waals surface area contributed by atoms with Crippen LogP contribution in [0.1, 0.15) is 93.5 Å². The van der Waals surface area contributed by atoms with Crippen LogP contribution in [0.2, 0.25) is 0 Å². The number of aliphatic hydroxyl groups excluding tert-OH is 2. The van der Waals surface area contributed by atoms with Gasteiger partial charge in [0.1, 0.15) is 0 Å². The van der Waals surface area contributed by atoms with Gasteiger partial charge in [-0.3, -0.25) is 9.59 Å². The van der Waals surface area contributed by atoms with Crippen molar-refractivity contribution in [2.45, 2.75) is 50.2 Å². The summed E-state index contributed by atoms with van der Waals surface area (Å²) < 4.78 is 5.54. The monoisotopic (exact) mass is 338 g/mol. The van der Waals surface area contributed by atoms with Gasteiger partial charge >= 0.3 is 0 Å². The molecule has 1 aromatic heterocycles. The van der Waals surface area contributed by atoms with E-state index in [9.17, 15) is 19.8 Å². The third-order valence-electron chi connectivity index (χ3n) is 6.19. The highest BCUT2D eigenvalue weighted by Gasteiger charge is 2.48. The van der Waals surface area contributed by atoms with Gasteiger partial charge in [-0.25, -0.2) is 0 Å². The Balaban J connectivity index is 1.83. The number of hydrogen-bond acceptors (Lipinski definition) is 5. The number of fused-ring (bicyclic) bond motifs is 3. The van der Waals surface area contributed by atoms with Crippen LogP contribution in [0.5, 0.6) is 0 Å². The first-order valence-corrected chi connectivity index (χ1v) is 8.66. The summed E-state index contributed by atoms with van der Waals surface area (Å²) in [5.41, 5.74) is 3.34. The van der Waals surface area contributed by atoms with Gasteiger partial charge in [0, 0.05) is 34.1 Å². The van der Waals surface area contributed by atoms with E-state index in [1.165, 1.54) is 6.26 Å². The van der Waals surface area contributed by atoms with Crippen LogP contribution < -0.4 is 0 Å². The van der Waals surface area contributed by atoms with Gasteiger partial charge in [0.15, 0.2) is 11.5 Å². The summed E-state index contributed by atoms with van der Waals surface area (Å²) in [5.74, 6) is -0.0166. The third kappa shape index (κ3) is 1.75. The molecule has 3 atom stereocenters. The maximum absolute atomic E-state index is 13.0. The van der Waals surface area contributed by atoms with Gasteiger partial charge in [-0.05, 0) is 36.5 Å². The van der Waals surface area contributed by atoms with E-state index >= 15 is 0 Å². The molecule has 0 amide bonds. The highest BCUT2D eigenvalue weighted by Crippen LogP contribution is 2.53. The van der Waals surface area contributed by atoms with E-state index < -0.39 is 17.6 Å². The van der Waals surface area contributed by atoms with Crippen molar-refractivity contribution in [1.82, 2.24) is 0 Å². The van der Waals surface area contributed by atoms with Crippen molar-refractivity contribution in [2.75, 3.05) is 0 Å². The summed E-state index contributed by atoms with van der Waals surface area (Å²) in [4.78, 5) is 25.3. The fourth-order valence-electron chi connectivity index (χ4n) is 4.79. The Bertz CT molecular complexity index is 953. The number of benzene rings is 1. The van der Waals surface area contributed by atoms with E-state index in [0.29, 0.717) is 47.9 Å². The molecule has 0 saturated carbocycles. The maximum atomic E-state index is 13.0. The van der Waals surface area contributed by atoms with Crippen LogP contribution in [0.25, 0.3) is 0 Å². The molecule has 0 aliphatic heterocycles. The number of rotatable bonds is 0. The van der Waals surface area contributed by atoms with E-state index in [0.717, 1.165) is 11.1 Å². The molecule has 0 bridgehead atoms. The highest BCUT2D eigenvalue weighted by atomic mass is 16.3. The van der Waals surface area contributed by atoms with Crippen LogP contribution in [0, 0.1) is 0 Å². The van der Waals surface area contributed by atoms with Crippen molar-refractivity contribution in [3.05, 3.63) is 57.5 Å². The lowest BCUT2D eigenvalue weighted by atomic mass is 9.61. The second-order valence-electron chi connectivity index (χ2n) is 7.57. The van der Waals surface area contributed by atoms with E-state index in [2.05, 4.69) is 0 Å². The fourth-order valence-corrected chi connectivity index (χ4v) is 4.79. The Morgan fingerprint density at radius 1 is 1.08 bits per heavy atom. The molecule has 2 unspecified atom stereocenters. The molecule has 2 N–H and O–H groups in total. The average molecular weight is 338 g/mol. The van der Waals surface area contributed by atoms with Crippen LogP contribution in [0.4, 0.5) is 0 Å². The van der Waals surface area contributed by atoms with Crippen LogP contribution in [-0.4, -0.2) is 21.8 Å². The molecule has 0 saturated heterocycles. The first kappa shape index (κ1) is 15.0. The Morgan fingerprint density at radius 2 is 1.84 bits per heavy atom. The molecular weight excluding hydrogens is 320 g/mol. The first-order chi connectivity index (χ1) is 11.9. The minimum Gasteiger partial charge on any atom is -0.460 e. The topological polar surface area (TPSA) is 87.7 Å². The number of carbonyl (C=O) groups excluding carboxylic acids is 2. The lowest BCUT2D eigenvalue weighted by Gasteiger charge is -2.41. The molecule has 3 aliphatic carbocycles. The molecule has 25 heavy (non-hydrogen) atoms. The van der Waals surface area contributed by atoms with Crippen molar-refractivity contribution in [1.29, 1.82) is 0 Å². The van der Waals surface area contributed by atoms with E-state index in [1.807, 2.05) is 13.0 Å². The number of hydrogen-bond donors (Lipinski definition) is 2. The zero-order valence-electron chi connectivity index (χ0n) is 13.8. The number of aliphatic hydroxyl groups is 2. The van der Waals surface area contributed by atoms with Gasteiger partial charge in [-0.15, -0.1) is 0 Å². The first-order valence-electron chi connectivity index (χ1n) is 8.66. The minimum absolute atomic E-state index is 0.0361. The number of Topliss-reactive ketones (excluding diaryl/α,β-unsaturated/α-hetero) is 1. The molecule has 1 heterocycles. The summed E-state index contributed by atoms with van der Waals surface area (Å²) in [7, 11) is 0. The van der Waals surface area contributed by atoms with Crippen molar-refractivity contribution >= 4 is 11.6 Å². The highest BCUT2D eigenvalue weighted by molar-refractivity contribution is 6.13. The smallest absolute Gasteiger partial charge is 0.228 e. The van der Waals surface area contributed by atoms with Crippen LogP contribution in [0.3, 0.4) is 0 Å². The molecule has 2 aromatic rings. The standard InChI is InChI=1S/C20H18O5/c1-20-5-4-16(23)12-8-25-19(17(12)20)18(24)11-6-9-10(7-13(11)20)15(22)3-2-14(9)21/h6-8,15-16,22-23H,2-5H2,1H3/t15?,16-,20?/m1/s1. The molecule has 0 fully saturated rings. The lowest BCUT2D eigenvalue weighted by Crippen LogP contribution is -2.37. The normalized spacial score (nSPS) is 29.9. The summed E-state index contributed by atoms with van der Waals surface area (Å²) in [6.07, 6.45) is 2.13. The van der Waals surface area contributed by atoms with E-state index in [1.54, 1.807) is 6.07 Å². The molecule has 1 aromatic carbocycles. The molecule has 3 aliphatic rings. The predicted octanol–water partition coefficient (Wildman–Crippen LogP) is 2.97. The van der Waals surface area contributed by atoms with Gasteiger partial charge < -0.3 is 14.6 Å². The number of furan rings is 1. The third-order valence-corrected chi connectivity index (χ3v) is 6.19. The van der Waals surface area contributed by atoms with Crippen molar-refractivity contribution in [2.24, 2.45) is 0 Å². The molecule has 0 radical (unpaired) electrons. The SMILES string of the molecule is CC12CC[C@@H](O)c3coc(c31)C(=O)c1cc3c(cc12)C(O)CCC3=O. The minimum atomic E-state index is -0.684. The zero-order valence-corrected chi connectivity index (χ0v) is 13.8. The largest absolute Gasteiger partial charge is 0.460 e. The van der Waals surface area contributed by atoms with Gasteiger partial charge in [0.05, 0.1) is 18.5 Å². The Hall–Kier alpha value is -2.24. The summed E-state index contributed by atoms with van der Waals surface area (Å²) in [6.45, 7) is 2.05. The van der Waals surface area contributed by atoms with Crippen LogP contribution in [-0.2, 0) is 5.41 Å². The molecular formula is C20H18O5. The fraction of sp³-hybridized carbons (Fsp3) is 0.400. The van der Waals surface area contributed by atoms with E-state index in [-0.39, 0.29) is 17.3 Å². The Morgan fingerprint density at radius 3 is 2.64 bits per heavy atom. The van der Waals surface area contributed by atoms with Gasteiger partial charge in [-0.2, -0.15) is 0 Å². The average Bonchev–Trinajstić information content (AvgIpc) is 3.06. The quantitative estimate of drug-likeness (QED) is 0.771. The second kappa shape index (κ2) is 4.68. The van der Waals surface area contributed by atoms with Crippen molar-refractivity contribution in [3.63, 3.8) is 0 Å². The summed E-state index contributed by atoms with van der Waals surface area (Å²) >= 11 is 0. The van der Waals surface area contributed by atoms with Crippen molar-refractivity contribution < 1.29 is 24.2 Å². The van der Waals surface area contributed by atoms with Crippen LogP contribution in [0.15, 0.2) is 22.8 Å². The van der Waals surface area contributed by atoms with Gasteiger partial charge in [0.25, 0.3) is 0 Å². The van der Waals surface area contributed by atoms with Crippen LogP contribution >= 0.6 is 0 Å². The molecule has 5 nitrogen and oxygen atoms in total. The maximum Gasteiger partial charge on any atom is 0.228 e. The molecule has 128 valence electrons. The van der Waals surface area contributed by atoms with E-state index in [4.69, 9.17) is 4.42 Å². The zero-order chi connectivity index (χ0) is 17.5. The molecule has 5 heteroatoms. The Kier molecular flexibility index (Phi) is 2.82. The van der Waals surface area contributed by atoms with Gasteiger partial charge in [0.2, 0.25) is 5.78 Å². The second-order valence-corrected chi connectivity index (χ2v) is 7.57.